The van der Waals surface area contributed by atoms with Crippen LogP contribution in [0.4, 0.5) is 0 Å². The molecule has 1 heterocycles. The summed E-state index contributed by atoms with van der Waals surface area (Å²) >= 11 is 0. The molecule has 1 fully saturated rings. The van der Waals surface area contributed by atoms with E-state index in [0.717, 1.165) is 11.1 Å². The smallest absolute Gasteiger partial charge is 0.245 e. The van der Waals surface area contributed by atoms with Gasteiger partial charge < -0.3 is 16.0 Å². The van der Waals surface area contributed by atoms with E-state index in [0.29, 0.717) is 25.9 Å². The van der Waals surface area contributed by atoms with Gasteiger partial charge in [-0.1, -0.05) is 60.7 Å². The van der Waals surface area contributed by atoms with Crippen LogP contribution in [0.3, 0.4) is 0 Å². The molecule has 1 saturated heterocycles. The maximum atomic E-state index is 12.5. The van der Waals surface area contributed by atoms with E-state index in [4.69, 9.17) is 5.73 Å². The minimum absolute atomic E-state index is 0. The Labute approximate surface area is 160 Å². The fourth-order valence-electron chi connectivity index (χ4n) is 3.07. The van der Waals surface area contributed by atoms with Gasteiger partial charge in [0.05, 0.1) is 6.04 Å². The topological polar surface area (TPSA) is 75.4 Å². The Morgan fingerprint density at radius 1 is 1.08 bits per heavy atom. The van der Waals surface area contributed by atoms with E-state index in [2.05, 4.69) is 5.32 Å². The number of carbonyl (C=O) groups excluding carboxylic acids is 2. The molecule has 0 aliphatic carbocycles. The summed E-state index contributed by atoms with van der Waals surface area (Å²) in [6.07, 6.45) is 1.08. The molecular weight excluding hydrogens is 350 g/mol. The average molecular weight is 374 g/mol. The summed E-state index contributed by atoms with van der Waals surface area (Å²) < 4.78 is 0. The first-order valence-corrected chi connectivity index (χ1v) is 8.56. The number of nitrogens with two attached hydrogens (primary N) is 1. The van der Waals surface area contributed by atoms with Crippen molar-refractivity contribution in [1.82, 2.24) is 10.2 Å². The van der Waals surface area contributed by atoms with Crippen LogP contribution in [0.2, 0.25) is 0 Å². The first kappa shape index (κ1) is 19.9. The molecule has 2 aromatic carbocycles. The standard InChI is InChI=1S/C20H23N3O2.ClH/c21-17(13-15-7-3-1-4-8-15)19(24)22-18-11-12-23(20(18)25)14-16-9-5-2-6-10-16;/h1-10,17-18H,11-14,21H2,(H,22,24);1H/t17-,18?;/m0./s1. The Morgan fingerprint density at radius 3 is 2.27 bits per heavy atom. The number of hydrogen-bond acceptors (Lipinski definition) is 3. The number of rotatable bonds is 6. The average Bonchev–Trinajstić information content (AvgIpc) is 2.97. The predicted molar refractivity (Wildman–Crippen MR) is 104 cm³/mol. The highest BCUT2D eigenvalue weighted by Gasteiger charge is 2.33. The highest BCUT2D eigenvalue weighted by atomic mass is 35.5. The lowest BCUT2D eigenvalue weighted by molar-refractivity contribution is -0.133. The van der Waals surface area contributed by atoms with Crippen molar-refractivity contribution in [2.75, 3.05) is 6.54 Å². The number of likely N-dealkylation sites (tertiary alicyclic amines) is 1. The van der Waals surface area contributed by atoms with E-state index in [1.54, 1.807) is 4.90 Å². The minimum Gasteiger partial charge on any atom is -0.343 e. The summed E-state index contributed by atoms with van der Waals surface area (Å²) in [5, 5.41) is 2.81. The van der Waals surface area contributed by atoms with Crippen LogP contribution in [-0.4, -0.2) is 35.3 Å². The maximum Gasteiger partial charge on any atom is 0.245 e. The number of amides is 2. The van der Waals surface area contributed by atoms with Gasteiger partial charge in [-0.25, -0.2) is 0 Å². The first-order valence-electron chi connectivity index (χ1n) is 8.56. The Balaban J connectivity index is 0.00000243. The lowest BCUT2D eigenvalue weighted by Crippen LogP contribution is -2.49. The highest BCUT2D eigenvalue weighted by molar-refractivity contribution is 5.91. The molecule has 0 saturated carbocycles. The van der Waals surface area contributed by atoms with Crippen molar-refractivity contribution >= 4 is 24.2 Å². The van der Waals surface area contributed by atoms with Gasteiger partial charge in [-0.2, -0.15) is 0 Å². The summed E-state index contributed by atoms with van der Waals surface area (Å²) in [4.78, 5) is 26.6. The van der Waals surface area contributed by atoms with Gasteiger partial charge in [0.25, 0.3) is 0 Å². The summed E-state index contributed by atoms with van der Waals surface area (Å²) in [6.45, 7) is 1.22. The molecule has 1 aliphatic rings. The van der Waals surface area contributed by atoms with E-state index >= 15 is 0 Å². The van der Waals surface area contributed by atoms with Crippen LogP contribution in [0.5, 0.6) is 0 Å². The number of nitrogens with zero attached hydrogens (tertiary/aromatic N) is 1. The Hall–Kier alpha value is -2.37. The molecule has 0 radical (unpaired) electrons. The third-order valence-electron chi connectivity index (χ3n) is 4.47. The molecule has 1 aliphatic heterocycles. The fourth-order valence-corrected chi connectivity index (χ4v) is 3.07. The van der Waals surface area contributed by atoms with Crippen LogP contribution < -0.4 is 11.1 Å². The molecule has 2 atom stereocenters. The molecule has 138 valence electrons. The normalized spacial score (nSPS) is 17.5. The first-order chi connectivity index (χ1) is 12.1. The van der Waals surface area contributed by atoms with E-state index in [9.17, 15) is 9.59 Å². The summed E-state index contributed by atoms with van der Waals surface area (Å²) in [7, 11) is 0. The molecule has 5 nitrogen and oxygen atoms in total. The predicted octanol–water partition coefficient (Wildman–Crippen LogP) is 1.90. The SMILES string of the molecule is Cl.N[C@@H](Cc1ccccc1)C(=O)NC1CCN(Cc2ccccc2)C1=O. The molecule has 2 amide bonds. The lowest BCUT2D eigenvalue weighted by Gasteiger charge is -2.18. The molecule has 0 bridgehead atoms. The molecule has 0 spiro atoms. The molecule has 3 N–H and O–H groups in total. The van der Waals surface area contributed by atoms with Crippen molar-refractivity contribution in [3.63, 3.8) is 0 Å². The van der Waals surface area contributed by atoms with E-state index in [-0.39, 0.29) is 24.2 Å². The summed E-state index contributed by atoms with van der Waals surface area (Å²) in [6, 6.07) is 18.4. The van der Waals surface area contributed by atoms with E-state index < -0.39 is 12.1 Å². The van der Waals surface area contributed by atoms with Crippen molar-refractivity contribution in [2.45, 2.75) is 31.5 Å². The van der Waals surface area contributed by atoms with Gasteiger partial charge in [0.2, 0.25) is 11.8 Å². The number of benzene rings is 2. The molecule has 26 heavy (non-hydrogen) atoms. The van der Waals surface area contributed by atoms with Gasteiger partial charge in [-0.15, -0.1) is 12.4 Å². The zero-order valence-corrected chi connectivity index (χ0v) is 15.3. The van der Waals surface area contributed by atoms with Crippen LogP contribution in [0.1, 0.15) is 17.5 Å². The highest BCUT2D eigenvalue weighted by Crippen LogP contribution is 2.15. The Bertz CT molecular complexity index is 724. The van der Waals surface area contributed by atoms with Crippen LogP contribution in [-0.2, 0) is 22.6 Å². The third-order valence-corrected chi connectivity index (χ3v) is 4.47. The molecular formula is C20H24ClN3O2. The second kappa shape index (κ2) is 9.36. The van der Waals surface area contributed by atoms with Crippen molar-refractivity contribution in [3.05, 3.63) is 71.8 Å². The fraction of sp³-hybridized carbons (Fsp3) is 0.300. The number of nitrogens with one attached hydrogen (secondary N) is 1. The van der Waals surface area contributed by atoms with Gasteiger partial charge >= 0.3 is 0 Å². The number of halogens is 1. The molecule has 3 rings (SSSR count). The lowest BCUT2D eigenvalue weighted by atomic mass is 10.1. The zero-order valence-electron chi connectivity index (χ0n) is 14.5. The van der Waals surface area contributed by atoms with E-state index in [1.165, 1.54) is 0 Å². The zero-order chi connectivity index (χ0) is 17.6. The largest absolute Gasteiger partial charge is 0.343 e. The van der Waals surface area contributed by atoms with Crippen LogP contribution in [0, 0.1) is 0 Å². The van der Waals surface area contributed by atoms with Gasteiger partial charge in [-0.05, 0) is 24.0 Å². The van der Waals surface area contributed by atoms with Gasteiger partial charge in [0, 0.05) is 13.1 Å². The van der Waals surface area contributed by atoms with Gasteiger partial charge in [0.1, 0.15) is 6.04 Å². The summed E-state index contributed by atoms with van der Waals surface area (Å²) in [5.41, 5.74) is 8.09. The summed E-state index contributed by atoms with van der Waals surface area (Å²) in [5.74, 6) is -0.312. The van der Waals surface area contributed by atoms with Crippen LogP contribution in [0.15, 0.2) is 60.7 Å². The van der Waals surface area contributed by atoms with Crippen LogP contribution in [0.25, 0.3) is 0 Å². The number of carbonyl (C=O) groups is 2. The van der Waals surface area contributed by atoms with E-state index in [1.807, 2.05) is 60.7 Å². The molecule has 6 heteroatoms. The molecule has 1 unspecified atom stereocenters. The maximum absolute atomic E-state index is 12.5. The minimum atomic E-state index is -0.654. The monoisotopic (exact) mass is 373 g/mol. The second-order valence-corrected chi connectivity index (χ2v) is 6.39. The third kappa shape index (κ3) is 5.07. The van der Waals surface area contributed by atoms with Crippen LogP contribution >= 0.6 is 12.4 Å². The van der Waals surface area contributed by atoms with Crippen molar-refractivity contribution in [3.8, 4) is 0 Å². The van der Waals surface area contributed by atoms with Crippen molar-refractivity contribution in [2.24, 2.45) is 5.73 Å². The quantitative estimate of drug-likeness (QED) is 0.812. The van der Waals surface area contributed by atoms with Gasteiger partial charge in [0.15, 0.2) is 0 Å². The molecule has 2 aromatic rings. The van der Waals surface area contributed by atoms with Gasteiger partial charge in [-0.3, -0.25) is 9.59 Å². The van der Waals surface area contributed by atoms with Crippen molar-refractivity contribution < 1.29 is 9.59 Å². The second-order valence-electron chi connectivity index (χ2n) is 6.39. The number of hydrogen-bond donors (Lipinski definition) is 2. The molecule has 0 aromatic heterocycles. The van der Waals surface area contributed by atoms with Crippen molar-refractivity contribution in [1.29, 1.82) is 0 Å². The Kier molecular flexibility index (Phi) is 7.18. The Morgan fingerprint density at radius 2 is 1.65 bits per heavy atom.